The molecule has 2 rings (SSSR count). The van der Waals surface area contributed by atoms with E-state index in [9.17, 15) is 15.0 Å². The fourth-order valence-electron chi connectivity index (χ4n) is 2.24. The summed E-state index contributed by atoms with van der Waals surface area (Å²) in [4.78, 5) is 13.3. The van der Waals surface area contributed by atoms with Crippen molar-refractivity contribution in [2.24, 2.45) is 0 Å². The van der Waals surface area contributed by atoms with Crippen molar-refractivity contribution in [1.82, 2.24) is 4.90 Å². The summed E-state index contributed by atoms with van der Waals surface area (Å²) in [6, 6.07) is -0.300. The van der Waals surface area contributed by atoms with Gasteiger partial charge < -0.3 is 14.9 Å². The van der Waals surface area contributed by atoms with Crippen molar-refractivity contribution in [1.29, 1.82) is 0 Å². The summed E-state index contributed by atoms with van der Waals surface area (Å²) < 4.78 is 5.11. The van der Waals surface area contributed by atoms with E-state index < -0.39 is 24.4 Å². The lowest BCUT2D eigenvalue weighted by Crippen LogP contribution is -2.52. The van der Waals surface area contributed by atoms with Gasteiger partial charge >= 0.3 is 6.09 Å². The number of ether oxygens (including phenoxy) is 1. The maximum absolute atomic E-state index is 11.7. The fraction of sp³-hybridized carbons (Fsp3) is 0.727. The second kappa shape index (κ2) is 3.46. The number of rotatable bonds is 0. The SMILES string of the molecule is CC(C)(C)N1C(=O)O[C@@H]2[C@@H](O)[C@@H](O)C=C[C@@H]21. The molecule has 90 valence electrons. The first kappa shape index (κ1) is 11.4. The normalized spacial score (nSPS) is 38.6. The molecule has 1 heterocycles. The quantitative estimate of drug-likeness (QED) is 0.583. The molecule has 1 aliphatic heterocycles. The predicted molar refractivity (Wildman–Crippen MR) is 56.8 cm³/mol. The third-order valence-electron chi connectivity index (χ3n) is 2.98. The van der Waals surface area contributed by atoms with Gasteiger partial charge in [-0.2, -0.15) is 0 Å². The van der Waals surface area contributed by atoms with Crippen LogP contribution in [0.25, 0.3) is 0 Å². The second-order valence-electron chi connectivity index (χ2n) is 5.25. The molecule has 2 aliphatic rings. The minimum atomic E-state index is -1.05. The lowest BCUT2D eigenvalue weighted by Gasteiger charge is -2.36. The summed E-state index contributed by atoms with van der Waals surface area (Å²) >= 11 is 0. The third kappa shape index (κ3) is 1.60. The molecule has 0 saturated carbocycles. The smallest absolute Gasteiger partial charge is 0.411 e. The molecule has 5 heteroatoms. The Morgan fingerprint density at radius 2 is 1.94 bits per heavy atom. The molecule has 4 atom stereocenters. The lowest BCUT2D eigenvalue weighted by atomic mass is 9.91. The average molecular weight is 227 g/mol. The van der Waals surface area contributed by atoms with Crippen molar-refractivity contribution in [3.63, 3.8) is 0 Å². The van der Waals surface area contributed by atoms with Crippen LogP contribution >= 0.6 is 0 Å². The number of carbonyl (C=O) groups excluding carboxylic acids is 1. The van der Waals surface area contributed by atoms with Gasteiger partial charge in [0, 0.05) is 5.54 Å². The van der Waals surface area contributed by atoms with Crippen LogP contribution < -0.4 is 0 Å². The zero-order valence-corrected chi connectivity index (χ0v) is 9.62. The molecule has 1 amide bonds. The van der Waals surface area contributed by atoms with Crippen LogP contribution in [0.5, 0.6) is 0 Å². The summed E-state index contributed by atoms with van der Waals surface area (Å²) in [5.74, 6) is 0. The van der Waals surface area contributed by atoms with Crippen LogP contribution in [0.2, 0.25) is 0 Å². The van der Waals surface area contributed by atoms with Crippen LogP contribution in [0.4, 0.5) is 4.79 Å². The van der Waals surface area contributed by atoms with E-state index in [0.29, 0.717) is 0 Å². The number of amides is 1. The Kier molecular flexibility index (Phi) is 2.47. The highest BCUT2D eigenvalue weighted by Crippen LogP contribution is 2.33. The number of fused-ring (bicyclic) bond motifs is 1. The number of nitrogens with zero attached hydrogens (tertiary/aromatic N) is 1. The molecular formula is C11H17NO4. The second-order valence-corrected chi connectivity index (χ2v) is 5.25. The Morgan fingerprint density at radius 1 is 1.31 bits per heavy atom. The standard InChI is InChI=1S/C11H17NO4/c1-11(2,3)12-6-4-5-7(13)8(14)9(6)16-10(12)15/h4-9,13-14H,1-3H3/t6-,7-,8-,9-/m0/s1. The molecule has 1 aliphatic carbocycles. The minimum Gasteiger partial charge on any atom is -0.441 e. The van der Waals surface area contributed by atoms with E-state index in [1.807, 2.05) is 20.8 Å². The first-order valence-corrected chi connectivity index (χ1v) is 5.37. The van der Waals surface area contributed by atoms with Crippen LogP contribution in [0, 0.1) is 0 Å². The molecule has 0 aromatic rings. The van der Waals surface area contributed by atoms with Crippen molar-refractivity contribution >= 4 is 6.09 Å². The number of aliphatic hydroxyl groups excluding tert-OH is 2. The molecule has 5 nitrogen and oxygen atoms in total. The average Bonchev–Trinajstić information content (AvgIpc) is 2.48. The van der Waals surface area contributed by atoms with Crippen molar-refractivity contribution in [3.05, 3.63) is 12.2 Å². The summed E-state index contributed by atoms with van der Waals surface area (Å²) in [5.41, 5.74) is -0.372. The van der Waals surface area contributed by atoms with Gasteiger partial charge in [0.15, 0.2) is 6.10 Å². The van der Waals surface area contributed by atoms with Gasteiger partial charge in [0.25, 0.3) is 0 Å². The zero-order chi connectivity index (χ0) is 12.1. The first-order chi connectivity index (χ1) is 7.32. The monoisotopic (exact) mass is 227 g/mol. The fourth-order valence-corrected chi connectivity index (χ4v) is 2.24. The number of hydrogen-bond donors (Lipinski definition) is 2. The van der Waals surface area contributed by atoms with E-state index in [1.165, 1.54) is 6.08 Å². The highest BCUT2D eigenvalue weighted by atomic mass is 16.6. The van der Waals surface area contributed by atoms with Gasteiger partial charge in [-0.25, -0.2) is 4.79 Å². The lowest BCUT2D eigenvalue weighted by molar-refractivity contribution is -0.0428. The van der Waals surface area contributed by atoms with Crippen molar-refractivity contribution in [3.8, 4) is 0 Å². The van der Waals surface area contributed by atoms with E-state index in [1.54, 1.807) is 11.0 Å². The van der Waals surface area contributed by atoms with E-state index in [2.05, 4.69) is 0 Å². The van der Waals surface area contributed by atoms with Crippen LogP contribution in [-0.2, 0) is 4.74 Å². The van der Waals surface area contributed by atoms with Crippen LogP contribution in [0.15, 0.2) is 12.2 Å². The maximum Gasteiger partial charge on any atom is 0.411 e. The minimum absolute atomic E-state index is 0.300. The molecule has 0 unspecified atom stereocenters. The predicted octanol–water partition coefficient (Wildman–Crippen LogP) is 0.266. The van der Waals surface area contributed by atoms with Crippen LogP contribution in [0.1, 0.15) is 20.8 Å². The van der Waals surface area contributed by atoms with Crippen LogP contribution in [-0.4, -0.2) is 51.1 Å². The topological polar surface area (TPSA) is 70.0 Å². The van der Waals surface area contributed by atoms with Gasteiger partial charge in [0.2, 0.25) is 0 Å². The molecule has 1 saturated heterocycles. The first-order valence-electron chi connectivity index (χ1n) is 5.37. The largest absolute Gasteiger partial charge is 0.441 e. The van der Waals surface area contributed by atoms with Gasteiger partial charge in [-0.05, 0) is 20.8 Å². The zero-order valence-electron chi connectivity index (χ0n) is 9.62. The third-order valence-corrected chi connectivity index (χ3v) is 2.98. The molecule has 0 aromatic carbocycles. The van der Waals surface area contributed by atoms with E-state index in [-0.39, 0.29) is 11.6 Å². The van der Waals surface area contributed by atoms with E-state index in [0.717, 1.165) is 0 Å². The molecule has 0 aromatic heterocycles. The van der Waals surface area contributed by atoms with Crippen LogP contribution in [0.3, 0.4) is 0 Å². The molecule has 1 fully saturated rings. The summed E-state index contributed by atoms with van der Waals surface area (Å²) in [5, 5.41) is 19.2. The Labute approximate surface area is 94.3 Å². The summed E-state index contributed by atoms with van der Waals surface area (Å²) in [6.45, 7) is 5.71. The van der Waals surface area contributed by atoms with Gasteiger partial charge in [-0.15, -0.1) is 0 Å². The van der Waals surface area contributed by atoms with Gasteiger partial charge in [0.1, 0.15) is 12.2 Å². The Balaban J connectivity index is 2.32. The number of hydrogen-bond acceptors (Lipinski definition) is 4. The molecule has 0 bridgehead atoms. The molecule has 2 N–H and O–H groups in total. The Hall–Kier alpha value is -1.07. The van der Waals surface area contributed by atoms with Crippen molar-refractivity contribution in [2.75, 3.05) is 0 Å². The molecule has 16 heavy (non-hydrogen) atoms. The highest BCUT2D eigenvalue weighted by Gasteiger charge is 2.51. The number of carbonyl (C=O) groups is 1. The van der Waals surface area contributed by atoms with E-state index in [4.69, 9.17) is 4.74 Å². The van der Waals surface area contributed by atoms with Gasteiger partial charge in [-0.3, -0.25) is 4.90 Å². The maximum atomic E-state index is 11.7. The van der Waals surface area contributed by atoms with Gasteiger partial charge in [-0.1, -0.05) is 12.2 Å². The molecular weight excluding hydrogens is 210 g/mol. The Morgan fingerprint density at radius 3 is 2.50 bits per heavy atom. The van der Waals surface area contributed by atoms with E-state index >= 15 is 0 Å². The Bertz CT molecular complexity index is 333. The van der Waals surface area contributed by atoms with Crippen molar-refractivity contribution in [2.45, 2.75) is 50.7 Å². The summed E-state index contributed by atoms with van der Waals surface area (Å²) in [7, 11) is 0. The molecule has 0 radical (unpaired) electrons. The molecule has 0 spiro atoms. The summed E-state index contributed by atoms with van der Waals surface area (Å²) in [6.07, 6.45) is 0.0948. The highest BCUT2D eigenvalue weighted by molar-refractivity contribution is 5.72. The van der Waals surface area contributed by atoms with Gasteiger partial charge in [0.05, 0.1) is 6.04 Å². The van der Waals surface area contributed by atoms with Crippen molar-refractivity contribution < 1.29 is 19.7 Å². The number of aliphatic hydroxyl groups is 2.